The molecule has 3 saturated carbocycles. The third-order valence-electron chi connectivity index (χ3n) is 10.1. The molecule has 0 heterocycles. The Morgan fingerprint density at radius 1 is 1.13 bits per heavy atom. The Hall–Kier alpha value is -2.62. The maximum atomic E-state index is 14.0. The highest BCUT2D eigenvalue weighted by atomic mass is 16.3. The van der Waals surface area contributed by atoms with E-state index in [2.05, 4.69) is 0 Å². The van der Waals surface area contributed by atoms with E-state index in [9.17, 15) is 34.5 Å². The molecule has 0 radical (unpaired) electrons. The van der Waals surface area contributed by atoms with Gasteiger partial charge in [-0.25, -0.2) is 0 Å². The summed E-state index contributed by atoms with van der Waals surface area (Å²) in [6.07, 6.45) is 6.54. The van der Waals surface area contributed by atoms with Crippen molar-refractivity contribution in [3.8, 4) is 5.75 Å². The molecule has 1 aromatic rings. The summed E-state index contributed by atoms with van der Waals surface area (Å²) in [6, 6.07) is 1.04. The summed E-state index contributed by atoms with van der Waals surface area (Å²) in [5, 5.41) is 34.0. The number of nitrogens with two attached hydrogens (primary N) is 1. The van der Waals surface area contributed by atoms with Crippen molar-refractivity contribution >= 4 is 23.3 Å². The number of hydrogen-bond donors (Lipinski definition) is 4. The van der Waals surface area contributed by atoms with Crippen molar-refractivity contribution in [2.75, 3.05) is 14.1 Å². The maximum absolute atomic E-state index is 14.0. The molecule has 0 aliphatic heterocycles. The van der Waals surface area contributed by atoms with E-state index >= 15 is 0 Å². The van der Waals surface area contributed by atoms with Crippen LogP contribution in [-0.4, -0.2) is 75.3 Å². The Labute approximate surface area is 228 Å². The molecule has 0 aromatic heterocycles. The number of amides is 1. The number of rotatable bonds is 5. The van der Waals surface area contributed by atoms with E-state index in [1.165, 1.54) is 32.1 Å². The van der Waals surface area contributed by atoms with Crippen molar-refractivity contribution in [3.05, 3.63) is 28.3 Å². The highest BCUT2D eigenvalue weighted by Gasteiger charge is 2.69. The molecular weight excluding hydrogens is 500 g/mol. The molecule has 3 fully saturated rings. The minimum absolute atomic E-state index is 0.108. The van der Waals surface area contributed by atoms with Gasteiger partial charge >= 0.3 is 0 Å². The number of primary amides is 1. The molecular formula is C30H40N2O7. The predicted molar refractivity (Wildman–Crippen MR) is 142 cm³/mol. The fourth-order valence-corrected chi connectivity index (χ4v) is 8.17. The number of aromatic hydroxyl groups is 1. The molecule has 1 aromatic carbocycles. The van der Waals surface area contributed by atoms with E-state index in [0.29, 0.717) is 29.9 Å². The van der Waals surface area contributed by atoms with Crippen molar-refractivity contribution in [1.29, 1.82) is 0 Å². The van der Waals surface area contributed by atoms with Crippen molar-refractivity contribution in [1.82, 2.24) is 4.90 Å². The van der Waals surface area contributed by atoms with Gasteiger partial charge in [0.15, 0.2) is 23.0 Å². The lowest BCUT2D eigenvalue weighted by molar-refractivity contribution is -0.190. The van der Waals surface area contributed by atoms with Crippen LogP contribution in [0.5, 0.6) is 5.75 Å². The smallest absolute Gasteiger partial charge is 0.230 e. The SMILES string of the molecule is Cc1cc(CCC2CCCCC2)c(O)c2c1CC1CC3C(N(C)C)C(O)C(C(N)=O)C(=O)C3(O)C(=O)C1C2=O. The second-order valence-corrected chi connectivity index (χ2v) is 12.6. The van der Waals surface area contributed by atoms with E-state index in [1.807, 2.05) is 13.0 Å². The normalized spacial score (nSPS) is 35.0. The number of aliphatic hydroxyl groups excluding tert-OH is 1. The first kappa shape index (κ1) is 27.9. The van der Waals surface area contributed by atoms with Gasteiger partial charge in [-0.2, -0.15) is 0 Å². The van der Waals surface area contributed by atoms with Crippen LogP contribution in [0.1, 0.15) is 72.0 Å². The summed E-state index contributed by atoms with van der Waals surface area (Å²) in [5.41, 5.74) is 5.16. The summed E-state index contributed by atoms with van der Waals surface area (Å²) in [6.45, 7) is 1.91. The largest absolute Gasteiger partial charge is 0.507 e. The molecule has 1 amide bonds. The molecule has 212 valence electrons. The molecule has 9 heteroatoms. The number of Topliss-reactive ketones (excluding diaryl/α,β-unsaturated/α-hetero) is 3. The standard InChI is InChI=1S/C30H40N2O7/c1-14-11-16(10-9-15-7-5-4-6-8-15)24(33)21-18(14)12-17-13-19-23(32(2)3)26(35)22(29(31)38)28(37)30(19,39)27(36)20(17)25(21)34/h11,15,17,19-20,22-23,26,33,35,39H,4-10,12-13H2,1-3H3,(H2,31,38). The van der Waals surface area contributed by atoms with Crippen LogP contribution in [0.3, 0.4) is 0 Å². The molecule has 4 aliphatic rings. The van der Waals surface area contributed by atoms with Gasteiger partial charge in [0.2, 0.25) is 5.91 Å². The summed E-state index contributed by atoms with van der Waals surface area (Å²) in [7, 11) is 3.27. The highest BCUT2D eigenvalue weighted by molar-refractivity contribution is 6.25. The third kappa shape index (κ3) is 4.24. The van der Waals surface area contributed by atoms with Gasteiger partial charge in [0.1, 0.15) is 11.7 Å². The third-order valence-corrected chi connectivity index (χ3v) is 10.1. The number of benzene rings is 1. The number of fused-ring (bicyclic) bond motifs is 3. The molecule has 7 atom stereocenters. The number of hydrogen-bond acceptors (Lipinski definition) is 8. The van der Waals surface area contributed by atoms with E-state index < -0.39 is 64.7 Å². The van der Waals surface area contributed by atoms with E-state index in [-0.39, 0.29) is 17.7 Å². The second kappa shape index (κ2) is 10.1. The minimum Gasteiger partial charge on any atom is -0.507 e. The van der Waals surface area contributed by atoms with E-state index in [4.69, 9.17) is 5.73 Å². The zero-order valence-electron chi connectivity index (χ0n) is 23.0. The van der Waals surface area contributed by atoms with Crippen LogP contribution in [-0.2, 0) is 27.2 Å². The highest BCUT2D eigenvalue weighted by Crippen LogP contribution is 2.52. The first-order valence-electron chi connectivity index (χ1n) is 14.2. The summed E-state index contributed by atoms with van der Waals surface area (Å²) in [5.74, 6) is -7.96. The van der Waals surface area contributed by atoms with Crippen molar-refractivity contribution < 1.29 is 34.5 Å². The molecule has 5 N–H and O–H groups in total. The molecule has 0 bridgehead atoms. The van der Waals surface area contributed by atoms with Crippen LogP contribution in [0.15, 0.2) is 6.07 Å². The number of phenols is 1. The van der Waals surface area contributed by atoms with Gasteiger partial charge in [-0.15, -0.1) is 0 Å². The number of aliphatic hydroxyl groups is 2. The van der Waals surface area contributed by atoms with Gasteiger partial charge in [-0.3, -0.25) is 19.2 Å². The topological polar surface area (TPSA) is 158 Å². The number of nitrogens with zero attached hydrogens (tertiary/aromatic N) is 1. The molecule has 0 spiro atoms. The zero-order valence-corrected chi connectivity index (χ0v) is 23.0. The van der Waals surface area contributed by atoms with Crippen LogP contribution >= 0.6 is 0 Å². The zero-order chi connectivity index (χ0) is 28.4. The van der Waals surface area contributed by atoms with Gasteiger partial charge in [-0.1, -0.05) is 38.2 Å². The van der Waals surface area contributed by atoms with Crippen molar-refractivity contribution in [2.45, 2.75) is 82.5 Å². The number of phenolic OH excluding ortho intramolecular Hbond substituents is 1. The summed E-state index contributed by atoms with van der Waals surface area (Å²) in [4.78, 5) is 55.1. The molecule has 0 saturated heterocycles. The fraction of sp³-hybridized carbons (Fsp3) is 0.667. The van der Waals surface area contributed by atoms with Crippen LogP contribution in [0.4, 0.5) is 0 Å². The minimum atomic E-state index is -2.63. The molecule has 4 aliphatic carbocycles. The van der Waals surface area contributed by atoms with E-state index in [1.54, 1.807) is 19.0 Å². The number of carbonyl (C=O) groups is 4. The van der Waals surface area contributed by atoms with Crippen LogP contribution in [0.2, 0.25) is 0 Å². The van der Waals surface area contributed by atoms with Crippen LogP contribution < -0.4 is 5.73 Å². The Morgan fingerprint density at radius 2 is 1.79 bits per heavy atom. The Kier molecular flexibility index (Phi) is 7.23. The Morgan fingerprint density at radius 3 is 2.41 bits per heavy atom. The number of likely N-dealkylation sites (N-methyl/N-ethyl adjacent to an activating group) is 1. The number of carbonyl (C=O) groups excluding carboxylic acids is 4. The summed E-state index contributed by atoms with van der Waals surface area (Å²) >= 11 is 0. The number of ketones is 3. The summed E-state index contributed by atoms with van der Waals surface area (Å²) < 4.78 is 0. The lowest BCUT2D eigenvalue weighted by Crippen LogP contribution is -2.75. The van der Waals surface area contributed by atoms with Gasteiger partial charge in [-0.05, 0) is 75.2 Å². The average molecular weight is 541 g/mol. The van der Waals surface area contributed by atoms with Gasteiger partial charge in [0.25, 0.3) is 0 Å². The molecule has 9 nitrogen and oxygen atoms in total. The Balaban J connectivity index is 1.52. The maximum Gasteiger partial charge on any atom is 0.230 e. The van der Waals surface area contributed by atoms with Gasteiger partial charge in [0, 0.05) is 12.0 Å². The molecule has 7 unspecified atom stereocenters. The first-order chi connectivity index (χ1) is 18.4. The first-order valence-corrected chi connectivity index (χ1v) is 14.2. The van der Waals surface area contributed by atoms with Crippen LogP contribution in [0, 0.1) is 36.5 Å². The van der Waals surface area contributed by atoms with E-state index in [0.717, 1.165) is 12.0 Å². The van der Waals surface area contributed by atoms with Crippen LogP contribution in [0.25, 0.3) is 0 Å². The quantitative estimate of drug-likeness (QED) is 0.409. The monoisotopic (exact) mass is 540 g/mol. The average Bonchev–Trinajstić information content (AvgIpc) is 2.87. The van der Waals surface area contributed by atoms with Gasteiger partial charge < -0.3 is 26.0 Å². The fourth-order valence-electron chi connectivity index (χ4n) is 8.17. The van der Waals surface area contributed by atoms with Gasteiger partial charge in [0.05, 0.1) is 17.6 Å². The molecule has 5 rings (SSSR count). The van der Waals surface area contributed by atoms with Crippen molar-refractivity contribution in [2.24, 2.45) is 35.3 Å². The second-order valence-electron chi connectivity index (χ2n) is 12.6. The lowest BCUT2D eigenvalue weighted by atomic mass is 9.52. The predicted octanol–water partition coefficient (Wildman–Crippen LogP) is 1.48. The Bertz CT molecular complexity index is 1220. The number of aryl methyl sites for hydroxylation is 2. The molecule has 39 heavy (non-hydrogen) atoms. The lowest BCUT2D eigenvalue weighted by Gasteiger charge is -2.54. The van der Waals surface area contributed by atoms with Crippen molar-refractivity contribution in [3.63, 3.8) is 0 Å².